The Morgan fingerprint density at radius 3 is 2.83 bits per heavy atom. The third-order valence-corrected chi connectivity index (χ3v) is 3.01. The van der Waals surface area contributed by atoms with Crippen molar-refractivity contribution in [2.45, 2.75) is 26.7 Å². The summed E-state index contributed by atoms with van der Waals surface area (Å²) in [7, 11) is 0. The fourth-order valence-corrected chi connectivity index (χ4v) is 1.77. The van der Waals surface area contributed by atoms with Crippen LogP contribution in [0.3, 0.4) is 0 Å². The minimum atomic E-state index is -0.327. The van der Waals surface area contributed by atoms with Crippen LogP contribution in [0.15, 0.2) is 17.1 Å². The summed E-state index contributed by atoms with van der Waals surface area (Å²) >= 11 is 0. The number of hydrogen-bond donors (Lipinski definition) is 3. The highest BCUT2D eigenvalue weighted by molar-refractivity contribution is 5.93. The molecule has 0 saturated carbocycles. The lowest BCUT2D eigenvalue weighted by Gasteiger charge is -2.14. The van der Waals surface area contributed by atoms with E-state index in [0.717, 1.165) is 18.5 Å². The standard InChI is InChI=1S/C13H21N3O2/c1-3-10(4-5-14)7-16-13(18)11-8-15-9(2)6-12(11)17/h6,8,10H,3-5,7,14H2,1-2H3,(H,15,17)(H,16,18). The van der Waals surface area contributed by atoms with Crippen molar-refractivity contribution in [3.05, 3.63) is 33.7 Å². The SMILES string of the molecule is CCC(CCN)CNC(=O)c1c[nH]c(C)cc1=O. The Bertz CT molecular complexity index is 454. The Kier molecular flexibility index (Phi) is 5.58. The van der Waals surface area contributed by atoms with Crippen molar-refractivity contribution in [1.82, 2.24) is 10.3 Å². The molecular weight excluding hydrogens is 230 g/mol. The molecule has 0 aliphatic carbocycles. The van der Waals surface area contributed by atoms with Crippen molar-refractivity contribution < 1.29 is 4.79 Å². The van der Waals surface area contributed by atoms with Crippen LogP contribution in [-0.2, 0) is 0 Å². The number of amides is 1. The van der Waals surface area contributed by atoms with Gasteiger partial charge in [0.2, 0.25) is 0 Å². The van der Waals surface area contributed by atoms with Gasteiger partial charge < -0.3 is 16.0 Å². The Morgan fingerprint density at radius 1 is 1.56 bits per heavy atom. The second-order valence-corrected chi connectivity index (χ2v) is 4.46. The van der Waals surface area contributed by atoms with Gasteiger partial charge in [-0.05, 0) is 25.8 Å². The van der Waals surface area contributed by atoms with Crippen LogP contribution < -0.4 is 16.5 Å². The van der Waals surface area contributed by atoms with Gasteiger partial charge in [-0.2, -0.15) is 0 Å². The van der Waals surface area contributed by atoms with Gasteiger partial charge in [0.05, 0.1) is 0 Å². The second kappa shape index (κ2) is 6.96. The summed E-state index contributed by atoms with van der Waals surface area (Å²) in [6.45, 7) is 5.00. The van der Waals surface area contributed by atoms with E-state index in [1.807, 2.05) is 0 Å². The first-order valence-corrected chi connectivity index (χ1v) is 6.26. The summed E-state index contributed by atoms with van der Waals surface area (Å²) in [4.78, 5) is 26.3. The quantitative estimate of drug-likeness (QED) is 0.698. The van der Waals surface area contributed by atoms with Gasteiger partial charge >= 0.3 is 0 Å². The van der Waals surface area contributed by atoms with Gasteiger partial charge in [0, 0.05) is 24.5 Å². The van der Waals surface area contributed by atoms with Crippen LogP contribution in [0.2, 0.25) is 0 Å². The summed E-state index contributed by atoms with van der Waals surface area (Å²) in [6.07, 6.45) is 3.29. The molecule has 4 N–H and O–H groups in total. The summed E-state index contributed by atoms with van der Waals surface area (Å²) in [5, 5.41) is 2.78. The number of nitrogens with two attached hydrogens (primary N) is 1. The van der Waals surface area contributed by atoms with Gasteiger partial charge in [-0.15, -0.1) is 0 Å². The van der Waals surface area contributed by atoms with Crippen LogP contribution >= 0.6 is 0 Å². The Morgan fingerprint density at radius 2 is 2.28 bits per heavy atom. The van der Waals surface area contributed by atoms with E-state index in [4.69, 9.17) is 5.73 Å². The molecule has 100 valence electrons. The first kappa shape index (κ1) is 14.4. The zero-order valence-electron chi connectivity index (χ0n) is 11.0. The lowest BCUT2D eigenvalue weighted by molar-refractivity contribution is 0.0944. The molecule has 1 aromatic rings. The number of aryl methyl sites for hydroxylation is 1. The van der Waals surface area contributed by atoms with Crippen molar-refractivity contribution in [3.63, 3.8) is 0 Å². The number of hydrogen-bond acceptors (Lipinski definition) is 3. The summed E-state index contributed by atoms with van der Waals surface area (Å²) in [5.74, 6) is 0.0372. The minimum Gasteiger partial charge on any atom is -0.364 e. The van der Waals surface area contributed by atoms with Crippen molar-refractivity contribution in [2.24, 2.45) is 11.7 Å². The van der Waals surface area contributed by atoms with Gasteiger partial charge in [0.15, 0.2) is 5.43 Å². The Balaban J connectivity index is 2.62. The zero-order valence-corrected chi connectivity index (χ0v) is 11.0. The summed E-state index contributed by atoms with van der Waals surface area (Å²) < 4.78 is 0. The van der Waals surface area contributed by atoms with Crippen LogP contribution in [0, 0.1) is 12.8 Å². The van der Waals surface area contributed by atoms with Crippen molar-refractivity contribution in [3.8, 4) is 0 Å². The Labute approximate surface area is 107 Å². The van der Waals surface area contributed by atoms with E-state index in [1.54, 1.807) is 6.92 Å². The van der Waals surface area contributed by atoms with E-state index in [-0.39, 0.29) is 16.9 Å². The van der Waals surface area contributed by atoms with Crippen molar-refractivity contribution >= 4 is 5.91 Å². The van der Waals surface area contributed by atoms with Crippen molar-refractivity contribution in [1.29, 1.82) is 0 Å². The fraction of sp³-hybridized carbons (Fsp3) is 0.538. The largest absolute Gasteiger partial charge is 0.364 e. The maximum atomic E-state index is 11.8. The first-order valence-electron chi connectivity index (χ1n) is 6.26. The van der Waals surface area contributed by atoms with E-state index < -0.39 is 0 Å². The van der Waals surface area contributed by atoms with Gasteiger partial charge in [-0.25, -0.2) is 0 Å². The topological polar surface area (TPSA) is 88.0 Å². The molecule has 0 aliphatic rings. The molecular formula is C13H21N3O2. The molecule has 0 spiro atoms. The fourth-order valence-electron chi connectivity index (χ4n) is 1.77. The van der Waals surface area contributed by atoms with Crippen LogP contribution in [0.4, 0.5) is 0 Å². The number of H-pyrrole nitrogens is 1. The molecule has 1 amide bonds. The van der Waals surface area contributed by atoms with Crippen LogP contribution in [-0.4, -0.2) is 24.0 Å². The van der Waals surface area contributed by atoms with Crippen LogP contribution in [0.5, 0.6) is 0 Å². The number of rotatable bonds is 6. The molecule has 5 nitrogen and oxygen atoms in total. The van der Waals surface area contributed by atoms with Gasteiger partial charge in [0.25, 0.3) is 5.91 Å². The zero-order chi connectivity index (χ0) is 13.5. The number of nitrogens with one attached hydrogen (secondary N) is 2. The lowest BCUT2D eigenvalue weighted by Crippen LogP contribution is -2.33. The maximum absolute atomic E-state index is 11.8. The molecule has 1 aromatic heterocycles. The maximum Gasteiger partial charge on any atom is 0.256 e. The van der Waals surface area contributed by atoms with Crippen LogP contribution in [0.25, 0.3) is 0 Å². The predicted octanol–water partition coefficient (Wildman–Crippen LogP) is 0.788. The molecule has 1 atom stereocenters. The van der Waals surface area contributed by atoms with E-state index in [1.165, 1.54) is 12.3 Å². The third-order valence-electron chi connectivity index (χ3n) is 3.01. The third kappa shape index (κ3) is 4.00. The first-order chi connectivity index (χ1) is 8.58. The predicted molar refractivity (Wildman–Crippen MR) is 71.6 cm³/mol. The Hall–Kier alpha value is -1.62. The smallest absolute Gasteiger partial charge is 0.256 e. The van der Waals surface area contributed by atoms with Gasteiger partial charge in [0.1, 0.15) is 5.56 Å². The minimum absolute atomic E-state index is 0.156. The highest BCUT2D eigenvalue weighted by atomic mass is 16.2. The van der Waals surface area contributed by atoms with Crippen molar-refractivity contribution in [2.75, 3.05) is 13.1 Å². The monoisotopic (exact) mass is 251 g/mol. The molecule has 18 heavy (non-hydrogen) atoms. The molecule has 0 radical (unpaired) electrons. The molecule has 0 bridgehead atoms. The summed E-state index contributed by atoms with van der Waals surface area (Å²) in [5.41, 5.74) is 6.14. The second-order valence-electron chi connectivity index (χ2n) is 4.46. The van der Waals surface area contributed by atoms with Crippen LogP contribution in [0.1, 0.15) is 35.8 Å². The molecule has 1 unspecified atom stereocenters. The number of carbonyl (C=O) groups is 1. The highest BCUT2D eigenvalue weighted by Crippen LogP contribution is 2.05. The van der Waals surface area contributed by atoms with E-state index in [0.29, 0.717) is 19.0 Å². The molecule has 1 heterocycles. The summed E-state index contributed by atoms with van der Waals surface area (Å²) in [6, 6.07) is 1.42. The lowest BCUT2D eigenvalue weighted by atomic mass is 10.0. The van der Waals surface area contributed by atoms with E-state index in [9.17, 15) is 9.59 Å². The van der Waals surface area contributed by atoms with Gasteiger partial charge in [-0.1, -0.05) is 13.3 Å². The number of aromatic nitrogens is 1. The molecule has 0 saturated heterocycles. The number of aromatic amines is 1. The number of pyridine rings is 1. The molecule has 5 heteroatoms. The van der Waals surface area contributed by atoms with E-state index >= 15 is 0 Å². The van der Waals surface area contributed by atoms with E-state index in [2.05, 4.69) is 17.2 Å². The average Bonchev–Trinajstić information content (AvgIpc) is 2.34. The normalized spacial score (nSPS) is 12.2. The number of carbonyl (C=O) groups excluding carboxylic acids is 1. The molecule has 1 rings (SSSR count). The average molecular weight is 251 g/mol. The molecule has 0 aromatic carbocycles. The molecule has 0 fully saturated rings. The molecule has 0 aliphatic heterocycles. The highest BCUT2D eigenvalue weighted by Gasteiger charge is 2.12. The van der Waals surface area contributed by atoms with Gasteiger partial charge in [-0.3, -0.25) is 9.59 Å².